The van der Waals surface area contributed by atoms with E-state index in [1.54, 1.807) is 0 Å². The molecular weight excluding hydrogens is 142 g/mol. The molecule has 0 heterocycles. The highest BCUT2D eigenvalue weighted by Gasteiger charge is 1.91. The SMILES string of the molecule is C.NCC=CS(=O)(=O)O. The van der Waals surface area contributed by atoms with E-state index in [0.717, 1.165) is 6.08 Å². The maximum atomic E-state index is 9.80. The van der Waals surface area contributed by atoms with Crippen molar-refractivity contribution in [1.82, 2.24) is 0 Å². The van der Waals surface area contributed by atoms with Gasteiger partial charge < -0.3 is 5.73 Å². The van der Waals surface area contributed by atoms with Crippen LogP contribution in [0, 0.1) is 0 Å². The van der Waals surface area contributed by atoms with Gasteiger partial charge in [-0.15, -0.1) is 0 Å². The molecular formula is C4H11NO3S. The molecule has 0 fully saturated rings. The lowest BCUT2D eigenvalue weighted by atomic mass is 10.7. The fourth-order valence-corrected chi connectivity index (χ4v) is 0.531. The molecule has 0 amide bonds. The third-order valence-corrected chi connectivity index (χ3v) is 0.941. The molecule has 56 valence electrons. The molecule has 0 aliphatic carbocycles. The molecule has 9 heavy (non-hydrogen) atoms. The Bertz CT molecular complexity index is 170. The molecule has 0 aromatic rings. The zero-order chi connectivity index (χ0) is 6.62. The minimum atomic E-state index is -3.95. The van der Waals surface area contributed by atoms with E-state index in [1.807, 2.05) is 0 Å². The molecule has 0 rings (SSSR count). The van der Waals surface area contributed by atoms with Crippen molar-refractivity contribution in [2.75, 3.05) is 6.54 Å². The van der Waals surface area contributed by atoms with Gasteiger partial charge in [0.15, 0.2) is 0 Å². The summed E-state index contributed by atoms with van der Waals surface area (Å²) in [5, 5.41) is 0.646. The first-order valence-corrected chi connectivity index (χ1v) is 3.40. The third-order valence-electron chi connectivity index (χ3n) is 0.404. The molecule has 0 radical (unpaired) electrons. The van der Waals surface area contributed by atoms with Crippen molar-refractivity contribution in [2.24, 2.45) is 5.73 Å². The van der Waals surface area contributed by atoms with Crippen LogP contribution in [0.4, 0.5) is 0 Å². The smallest absolute Gasteiger partial charge is 0.287 e. The Morgan fingerprint density at radius 1 is 1.56 bits per heavy atom. The zero-order valence-electron chi connectivity index (χ0n) is 4.11. The molecule has 0 bridgehead atoms. The van der Waals surface area contributed by atoms with E-state index in [4.69, 9.17) is 10.3 Å². The van der Waals surface area contributed by atoms with Crippen LogP contribution in [-0.2, 0) is 10.1 Å². The molecule has 0 saturated carbocycles. The van der Waals surface area contributed by atoms with Crippen LogP contribution in [-0.4, -0.2) is 19.5 Å². The van der Waals surface area contributed by atoms with E-state index in [0.29, 0.717) is 5.41 Å². The summed E-state index contributed by atoms with van der Waals surface area (Å²) < 4.78 is 27.6. The van der Waals surface area contributed by atoms with Crippen molar-refractivity contribution in [3.8, 4) is 0 Å². The summed E-state index contributed by atoms with van der Waals surface area (Å²) in [5.74, 6) is 0. The van der Waals surface area contributed by atoms with Crippen molar-refractivity contribution in [3.05, 3.63) is 11.5 Å². The number of hydrogen-bond acceptors (Lipinski definition) is 3. The molecule has 5 heteroatoms. The van der Waals surface area contributed by atoms with Gasteiger partial charge in [0.2, 0.25) is 0 Å². The van der Waals surface area contributed by atoms with Crippen LogP contribution in [0.5, 0.6) is 0 Å². The van der Waals surface area contributed by atoms with Gasteiger partial charge in [0.1, 0.15) is 0 Å². The van der Waals surface area contributed by atoms with Crippen LogP contribution in [0.15, 0.2) is 11.5 Å². The second-order valence-corrected chi connectivity index (χ2v) is 2.42. The molecule has 0 aromatic carbocycles. The summed E-state index contributed by atoms with van der Waals surface area (Å²) in [5.41, 5.74) is 4.87. The van der Waals surface area contributed by atoms with Crippen LogP contribution in [0.2, 0.25) is 0 Å². The van der Waals surface area contributed by atoms with Gasteiger partial charge in [-0.2, -0.15) is 8.42 Å². The monoisotopic (exact) mass is 153 g/mol. The van der Waals surface area contributed by atoms with Crippen LogP contribution < -0.4 is 5.73 Å². The minimum Gasteiger partial charge on any atom is -0.327 e. The van der Waals surface area contributed by atoms with E-state index in [2.05, 4.69) is 0 Å². The molecule has 0 aliphatic rings. The quantitative estimate of drug-likeness (QED) is 0.546. The topological polar surface area (TPSA) is 80.4 Å². The predicted octanol–water partition coefficient (Wildman–Crippen LogP) is -0.0173. The summed E-state index contributed by atoms with van der Waals surface area (Å²) in [6.45, 7) is 0.111. The maximum Gasteiger partial charge on any atom is 0.287 e. The number of hydrogen-bond donors (Lipinski definition) is 2. The van der Waals surface area contributed by atoms with Crippen molar-refractivity contribution >= 4 is 10.1 Å². The van der Waals surface area contributed by atoms with Gasteiger partial charge in [-0.1, -0.05) is 13.5 Å². The minimum absolute atomic E-state index is 0. The first-order chi connectivity index (χ1) is 3.56. The fourth-order valence-electron chi connectivity index (χ4n) is 0.177. The average Bonchev–Trinajstić information content (AvgIpc) is 1.59. The summed E-state index contributed by atoms with van der Waals surface area (Å²) in [6.07, 6.45) is 1.15. The molecule has 0 atom stereocenters. The van der Waals surface area contributed by atoms with Crippen LogP contribution >= 0.6 is 0 Å². The Morgan fingerprint density at radius 3 is 2.11 bits per heavy atom. The first kappa shape index (κ1) is 11.4. The molecule has 0 unspecified atom stereocenters. The van der Waals surface area contributed by atoms with E-state index >= 15 is 0 Å². The zero-order valence-corrected chi connectivity index (χ0v) is 4.93. The summed E-state index contributed by atoms with van der Waals surface area (Å²) in [7, 11) is -3.95. The van der Waals surface area contributed by atoms with E-state index < -0.39 is 10.1 Å². The van der Waals surface area contributed by atoms with Crippen molar-refractivity contribution < 1.29 is 13.0 Å². The lowest BCUT2D eigenvalue weighted by Gasteiger charge is -1.79. The van der Waals surface area contributed by atoms with Crippen molar-refractivity contribution in [2.45, 2.75) is 7.43 Å². The average molecular weight is 153 g/mol. The second-order valence-electron chi connectivity index (χ2n) is 1.12. The second kappa shape index (κ2) is 4.49. The first-order valence-electron chi connectivity index (χ1n) is 1.90. The third kappa shape index (κ3) is 11.3. The maximum absolute atomic E-state index is 9.80. The molecule has 0 aliphatic heterocycles. The highest BCUT2D eigenvalue weighted by molar-refractivity contribution is 7.88. The van der Waals surface area contributed by atoms with Gasteiger partial charge in [0, 0.05) is 6.54 Å². The van der Waals surface area contributed by atoms with Gasteiger partial charge in [-0.25, -0.2) is 0 Å². The van der Waals surface area contributed by atoms with Gasteiger partial charge >= 0.3 is 0 Å². The Labute approximate surface area is 55.1 Å². The van der Waals surface area contributed by atoms with Gasteiger partial charge in [-0.3, -0.25) is 4.55 Å². The van der Waals surface area contributed by atoms with E-state index in [1.165, 1.54) is 0 Å². The Morgan fingerprint density at radius 2 is 2.00 bits per heavy atom. The van der Waals surface area contributed by atoms with Gasteiger partial charge in [0.05, 0.1) is 5.41 Å². The summed E-state index contributed by atoms with van der Waals surface area (Å²) in [4.78, 5) is 0. The van der Waals surface area contributed by atoms with E-state index in [-0.39, 0.29) is 14.0 Å². The lowest BCUT2D eigenvalue weighted by Crippen LogP contribution is -1.96. The fraction of sp³-hybridized carbons (Fsp3) is 0.500. The van der Waals surface area contributed by atoms with Crippen LogP contribution in [0.3, 0.4) is 0 Å². The summed E-state index contributed by atoms with van der Waals surface area (Å²) >= 11 is 0. The highest BCUT2D eigenvalue weighted by atomic mass is 32.2. The molecule has 0 aromatic heterocycles. The highest BCUT2D eigenvalue weighted by Crippen LogP contribution is 1.80. The van der Waals surface area contributed by atoms with Gasteiger partial charge in [0.25, 0.3) is 10.1 Å². The lowest BCUT2D eigenvalue weighted by molar-refractivity contribution is 0.494. The number of nitrogens with two attached hydrogens (primary N) is 1. The van der Waals surface area contributed by atoms with Crippen molar-refractivity contribution in [3.63, 3.8) is 0 Å². The summed E-state index contributed by atoms with van der Waals surface area (Å²) in [6, 6.07) is 0. The number of rotatable bonds is 2. The predicted molar refractivity (Wildman–Crippen MR) is 36.5 cm³/mol. The van der Waals surface area contributed by atoms with Crippen LogP contribution in [0.1, 0.15) is 7.43 Å². The Kier molecular flexibility index (Phi) is 5.69. The Hall–Kier alpha value is -0.390. The largest absolute Gasteiger partial charge is 0.327 e. The van der Waals surface area contributed by atoms with Crippen LogP contribution in [0.25, 0.3) is 0 Å². The normalized spacial score (nSPS) is 11.3. The van der Waals surface area contributed by atoms with Crippen molar-refractivity contribution in [1.29, 1.82) is 0 Å². The molecule has 3 N–H and O–H groups in total. The Balaban J connectivity index is 0. The van der Waals surface area contributed by atoms with E-state index in [9.17, 15) is 8.42 Å². The molecule has 0 spiro atoms. The molecule has 4 nitrogen and oxygen atoms in total. The standard InChI is InChI=1S/C3H7NO3S.CH4/c4-2-1-3-8(5,6)7;/h1,3H,2,4H2,(H,5,6,7);1H4. The molecule has 0 saturated heterocycles. The van der Waals surface area contributed by atoms with Gasteiger partial charge in [-0.05, 0) is 0 Å².